The van der Waals surface area contributed by atoms with Gasteiger partial charge in [-0.1, -0.05) is 42.0 Å². The summed E-state index contributed by atoms with van der Waals surface area (Å²) in [7, 11) is 1.69. The number of methoxy groups -OCH3 is 1. The standard InChI is InChI=1S/C21H27N3O2/c1-15-7-9-16(10-8-15)20(22)21(25)23-17-11-13-24(14-12-17)18-5-3-4-6-19(18)26-2/h3-10,17,20H,11-14,22H2,1-2H3,(H,23,25). The third-order valence-corrected chi connectivity index (χ3v) is 4.99. The second-order valence-electron chi connectivity index (χ2n) is 6.83. The van der Waals surface area contributed by atoms with Crippen LogP contribution in [0.25, 0.3) is 0 Å². The van der Waals surface area contributed by atoms with E-state index in [1.165, 1.54) is 0 Å². The molecule has 2 aromatic rings. The minimum Gasteiger partial charge on any atom is -0.495 e. The Hall–Kier alpha value is -2.53. The number of nitrogens with one attached hydrogen (secondary N) is 1. The topological polar surface area (TPSA) is 67.6 Å². The van der Waals surface area contributed by atoms with Gasteiger partial charge in [0.15, 0.2) is 0 Å². The van der Waals surface area contributed by atoms with Gasteiger partial charge in [0.25, 0.3) is 0 Å². The van der Waals surface area contributed by atoms with Crippen molar-refractivity contribution < 1.29 is 9.53 Å². The predicted molar refractivity (Wildman–Crippen MR) is 104 cm³/mol. The Morgan fingerprint density at radius 2 is 1.81 bits per heavy atom. The van der Waals surface area contributed by atoms with Gasteiger partial charge in [-0.15, -0.1) is 0 Å². The maximum absolute atomic E-state index is 12.5. The van der Waals surface area contributed by atoms with E-state index in [2.05, 4.69) is 16.3 Å². The van der Waals surface area contributed by atoms with E-state index in [9.17, 15) is 4.79 Å². The highest BCUT2D eigenvalue weighted by Gasteiger charge is 2.24. The van der Waals surface area contributed by atoms with Crippen LogP contribution in [0.3, 0.4) is 0 Å². The molecular formula is C21H27N3O2. The molecule has 0 aromatic heterocycles. The van der Waals surface area contributed by atoms with Crippen molar-refractivity contribution in [1.29, 1.82) is 0 Å². The van der Waals surface area contributed by atoms with Gasteiger partial charge >= 0.3 is 0 Å². The molecule has 1 aliphatic rings. The van der Waals surface area contributed by atoms with E-state index in [0.717, 1.165) is 48.5 Å². The molecule has 0 bridgehead atoms. The molecule has 0 spiro atoms. The zero-order valence-electron chi connectivity index (χ0n) is 15.4. The van der Waals surface area contributed by atoms with Crippen LogP contribution in [0.4, 0.5) is 5.69 Å². The zero-order chi connectivity index (χ0) is 18.5. The van der Waals surface area contributed by atoms with E-state index in [1.807, 2.05) is 49.4 Å². The van der Waals surface area contributed by atoms with Gasteiger partial charge in [0.1, 0.15) is 11.8 Å². The lowest BCUT2D eigenvalue weighted by Gasteiger charge is -2.35. The van der Waals surface area contributed by atoms with Gasteiger partial charge in [0.05, 0.1) is 12.8 Å². The summed E-state index contributed by atoms with van der Waals surface area (Å²) in [6.07, 6.45) is 1.79. The maximum atomic E-state index is 12.5. The smallest absolute Gasteiger partial charge is 0.241 e. The van der Waals surface area contributed by atoms with Crippen molar-refractivity contribution in [1.82, 2.24) is 5.32 Å². The van der Waals surface area contributed by atoms with Crippen molar-refractivity contribution in [3.05, 3.63) is 59.7 Å². The quantitative estimate of drug-likeness (QED) is 0.867. The molecule has 5 heteroatoms. The summed E-state index contributed by atoms with van der Waals surface area (Å²) in [6, 6.07) is 15.4. The summed E-state index contributed by atoms with van der Waals surface area (Å²) in [5, 5.41) is 3.11. The van der Waals surface area contributed by atoms with Gasteiger partial charge in [-0.05, 0) is 37.5 Å². The highest BCUT2D eigenvalue weighted by molar-refractivity contribution is 5.83. The first-order valence-electron chi connectivity index (χ1n) is 9.09. The van der Waals surface area contributed by atoms with Crippen LogP contribution < -0.4 is 20.7 Å². The van der Waals surface area contributed by atoms with Crippen molar-refractivity contribution in [2.75, 3.05) is 25.1 Å². The number of para-hydroxylation sites is 2. The fraction of sp³-hybridized carbons (Fsp3) is 0.381. The molecule has 1 aliphatic heterocycles. The van der Waals surface area contributed by atoms with E-state index in [-0.39, 0.29) is 11.9 Å². The van der Waals surface area contributed by atoms with Crippen LogP contribution in [0.1, 0.15) is 30.0 Å². The molecule has 1 heterocycles. The number of nitrogens with zero attached hydrogens (tertiary/aromatic N) is 1. The second kappa shape index (κ2) is 8.23. The second-order valence-corrected chi connectivity index (χ2v) is 6.83. The number of ether oxygens (including phenoxy) is 1. The van der Waals surface area contributed by atoms with Gasteiger partial charge in [-0.25, -0.2) is 0 Å². The first-order valence-corrected chi connectivity index (χ1v) is 9.09. The Morgan fingerprint density at radius 1 is 1.15 bits per heavy atom. The van der Waals surface area contributed by atoms with Crippen molar-refractivity contribution in [3.8, 4) is 5.75 Å². The molecule has 3 rings (SSSR count). The lowest BCUT2D eigenvalue weighted by atomic mass is 10.0. The number of carbonyl (C=O) groups is 1. The molecule has 1 fully saturated rings. The molecule has 1 amide bonds. The Balaban J connectivity index is 1.55. The summed E-state index contributed by atoms with van der Waals surface area (Å²) >= 11 is 0. The van der Waals surface area contributed by atoms with Crippen molar-refractivity contribution >= 4 is 11.6 Å². The summed E-state index contributed by atoms with van der Waals surface area (Å²) in [5.41, 5.74) is 9.23. The minimum atomic E-state index is -0.622. The molecular weight excluding hydrogens is 326 g/mol. The van der Waals surface area contributed by atoms with Gasteiger partial charge < -0.3 is 20.7 Å². The van der Waals surface area contributed by atoms with Crippen LogP contribution in [0, 0.1) is 6.92 Å². The zero-order valence-corrected chi connectivity index (χ0v) is 15.4. The fourth-order valence-electron chi connectivity index (χ4n) is 3.37. The summed E-state index contributed by atoms with van der Waals surface area (Å²) < 4.78 is 5.45. The van der Waals surface area contributed by atoms with Crippen molar-refractivity contribution in [2.24, 2.45) is 5.73 Å². The number of carbonyl (C=O) groups excluding carboxylic acids is 1. The van der Waals surface area contributed by atoms with Gasteiger partial charge in [-0.3, -0.25) is 4.79 Å². The summed E-state index contributed by atoms with van der Waals surface area (Å²) in [4.78, 5) is 14.8. The molecule has 2 aromatic carbocycles. The first kappa shape index (κ1) is 18.3. The molecule has 1 atom stereocenters. The number of amides is 1. The highest BCUT2D eigenvalue weighted by Crippen LogP contribution is 2.30. The Labute approximate surface area is 155 Å². The largest absolute Gasteiger partial charge is 0.495 e. The van der Waals surface area contributed by atoms with Gasteiger partial charge in [-0.2, -0.15) is 0 Å². The Morgan fingerprint density at radius 3 is 2.46 bits per heavy atom. The average Bonchev–Trinajstić information content (AvgIpc) is 2.68. The van der Waals surface area contributed by atoms with Crippen LogP contribution in [0.15, 0.2) is 48.5 Å². The Kier molecular flexibility index (Phi) is 5.78. The molecule has 0 aliphatic carbocycles. The van der Waals surface area contributed by atoms with E-state index >= 15 is 0 Å². The first-order chi connectivity index (χ1) is 12.6. The number of anilines is 1. The number of aryl methyl sites for hydroxylation is 1. The molecule has 138 valence electrons. The predicted octanol–water partition coefficient (Wildman–Crippen LogP) is 2.79. The number of nitrogens with two attached hydrogens (primary N) is 1. The lowest BCUT2D eigenvalue weighted by molar-refractivity contribution is -0.123. The molecule has 0 saturated carbocycles. The maximum Gasteiger partial charge on any atom is 0.241 e. The molecule has 3 N–H and O–H groups in total. The monoisotopic (exact) mass is 353 g/mol. The SMILES string of the molecule is COc1ccccc1N1CCC(NC(=O)C(N)c2ccc(C)cc2)CC1. The van der Waals surface area contributed by atoms with Crippen LogP contribution >= 0.6 is 0 Å². The van der Waals surface area contributed by atoms with Crippen LogP contribution in [0.5, 0.6) is 5.75 Å². The van der Waals surface area contributed by atoms with E-state index in [1.54, 1.807) is 7.11 Å². The van der Waals surface area contributed by atoms with Crippen molar-refractivity contribution in [2.45, 2.75) is 31.8 Å². The van der Waals surface area contributed by atoms with E-state index in [0.29, 0.717) is 0 Å². The number of piperidine rings is 1. The van der Waals surface area contributed by atoms with Crippen LogP contribution in [-0.4, -0.2) is 32.1 Å². The Bertz CT molecular complexity index is 737. The van der Waals surface area contributed by atoms with Gasteiger partial charge in [0.2, 0.25) is 5.91 Å². The molecule has 1 saturated heterocycles. The molecule has 0 radical (unpaired) electrons. The summed E-state index contributed by atoms with van der Waals surface area (Å²) in [5.74, 6) is 0.779. The fourth-order valence-corrected chi connectivity index (χ4v) is 3.37. The molecule has 26 heavy (non-hydrogen) atoms. The van der Waals surface area contributed by atoms with E-state index < -0.39 is 6.04 Å². The lowest BCUT2D eigenvalue weighted by Crippen LogP contribution is -2.47. The number of rotatable bonds is 5. The number of hydrogen-bond acceptors (Lipinski definition) is 4. The average molecular weight is 353 g/mol. The number of hydrogen-bond donors (Lipinski definition) is 2. The minimum absolute atomic E-state index is 0.107. The molecule has 1 unspecified atom stereocenters. The summed E-state index contributed by atoms with van der Waals surface area (Å²) in [6.45, 7) is 3.78. The van der Waals surface area contributed by atoms with Crippen LogP contribution in [0.2, 0.25) is 0 Å². The third-order valence-electron chi connectivity index (χ3n) is 4.99. The number of benzene rings is 2. The molecule has 5 nitrogen and oxygen atoms in total. The normalized spacial score (nSPS) is 16.2. The third kappa shape index (κ3) is 4.17. The van der Waals surface area contributed by atoms with Gasteiger partial charge in [0, 0.05) is 19.1 Å². The van der Waals surface area contributed by atoms with Crippen LogP contribution in [-0.2, 0) is 4.79 Å². The van der Waals surface area contributed by atoms with E-state index in [4.69, 9.17) is 10.5 Å². The highest BCUT2D eigenvalue weighted by atomic mass is 16.5. The van der Waals surface area contributed by atoms with Crippen molar-refractivity contribution in [3.63, 3.8) is 0 Å².